The first-order chi connectivity index (χ1) is 7.01. The van der Waals surface area contributed by atoms with Gasteiger partial charge < -0.3 is 10.6 Å². The summed E-state index contributed by atoms with van der Waals surface area (Å²) in [7, 11) is 0. The average Bonchev–Trinajstić information content (AvgIpc) is 2.15. The predicted molar refractivity (Wildman–Crippen MR) is 65.0 cm³/mol. The van der Waals surface area contributed by atoms with Crippen molar-refractivity contribution < 1.29 is 0 Å². The highest BCUT2D eigenvalue weighted by Crippen LogP contribution is 2.08. The van der Waals surface area contributed by atoms with Gasteiger partial charge >= 0.3 is 0 Å². The lowest BCUT2D eigenvalue weighted by Crippen LogP contribution is -2.35. The molecule has 0 bridgehead atoms. The molecule has 0 saturated heterocycles. The van der Waals surface area contributed by atoms with Crippen molar-refractivity contribution in [1.82, 2.24) is 10.3 Å². The molecule has 0 radical (unpaired) electrons. The van der Waals surface area contributed by atoms with Crippen molar-refractivity contribution >= 4 is 5.82 Å². The van der Waals surface area contributed by atoms with Gasteiger partial charge in [-0.15, -0.1) is 0 Å². The molecule has 1 aromatic heterocycles. The van der Waals surface area contributed by atoms with Gasteiger partial charge in [0.1, 0.15) is 5.82 Å². The van der Waals surface area contributed by atoms with Crippen molar-refractivity contribution in [1.29, 1.82) is 0 Å². The van der Waals surface area contributed by atoms with Crippen LogP contribution in [0.15, 0.2) is 18.3 Å². The largest absolute Gasteiger partial charge is 0.370 e. The Morgan fingerprint density at radius 3 is 2.67 bits per heavy atom. The van der Waals surface area contributed by atoms with Crippen molar-refractivity contribution in [3.63, 3.8) is 0 Å². The van der Waals surface area contributed by atoms with Crippen LogP contribution < -0.4 is 10.6 Å². The van der Waals surface area contributed by atoms with Crippen LogP contribution in [0.25, 0.3) is 0 Å². The fourth-order valence-electron chi connectivity index (χ4n) is 1.23. The molecule has 2 N–H and O–H groups in total. The minimum absolute atomic E-state index is 0.154. The van der Waals surface area contributed by atoms with Gasteiger partial charge in [-0.2, -0.15) is 0 Å². The van der Waals surface area contributed by atoms with E-state index in [0.717, 1.165) is 18.9 Å². The highest BCUT2D eigenvalue weighted by molar-refractivity contribution is 5.37. The third-order valence-electron chi connectivity index (χ3n) is 2.01. The van der Waals surface area contributed by atoms with Crippen molar-refractivity contribution in [3.8, 4) is 0 Å². The summed E-state index contributed by atoms with van der Waals surface area (Å²) in [5, 5.41) is 6.66. The summed E-state index contributed by atoms with van der Waals surface area (Å²) in [6.45, 7) is 10.4. The Bertz CT molecular complexity index is 302. The molecule has 84 valence electrons. The van der Waals surface area contributed by atoms with E-state index in [4.69, 9.17) is 0 Å². The van der Waals surface area contributed by atoms with Gasteiger partial charge in [0.15, 0.2) is 0 Å². The summed E-state index contributed by atoms with van der Waals surface area (Å²) in [5.41, 5.74) is 1.41. The Kier molecular flexibility index (Phi) is 4.09. The molecule has 0 unspecified atom stereocenters. The highest BCUT2D eigenvalue weighted by atomic mass is 15.0. The van der Waals surface area contributed by atoms with E-state index in [1.165, 1.54) is 5.56 Å². The van der Waals surface area contributed by atoms with Crippen molar-refractivity contribution in [3.05, 3.63) is 23.9 Å². The first kappa shape index (κ1) is 12.0. The Hall–Kier alpha value is -1.09. The molecule has 0 aromatic carbocycles. The van der Waals surface area contributed by atoms with E-state index in [2.05, 4.69) is 49.4 Å². The van der Waals surface area contributed by atoms with Crippen molar-refractivity contribution in [2.45, 2.75) is 39.8 Å². The maximum absolute atomic E-state index is 4.23. The number of nitrogens with one attached hydrogen (secondary N) is 2. The summed E-state index contributed by atoms with van der Waals surface area (Å²) in [6, 6.07) is 4.13. The number of hydrogen-bond acceptors (Lipinski definition) is 3. The van der Waals surface area contributed by atoms with E-state index in [9.17, 15) is 0 Å². The number of anilines is 1. The van der Waals surface area contributed by atoms with Crippen LogP contribution >= 0.6 is 0 Å². The van der Waals surface area contributed by atoms with E-state index in [-0.39, 0.29) is 5.54 Å². The predicted octanol–water partition coefficient (Wildman–Crippen LogP) is 2.40. The monoisotopic (exact) mass is 207 g/mol. The van der Waals surface area contributed by atoms with Gasteiger partial charge in [0.05, 0.1) is 0 Å². The lowest BCUT2D eigenvalue weighted by Gasteiger charge is -2.20. The topological polar surface area (TPSA) is 37.0 Å². The van der Waals surface area contributed by atoms with Gasteiger partial charge in [0.25, 0.3) is 0 Å². The maximum atomic E-state index is 4.23. The molecule has 0 aliphatic carbocycles. The van der Waals surface area contributed by atoms with E-state index in [1.54, 1.807) is 0 Å². The fourth-order valence-corrected chi connectivity index (χ4v) is 1.23. The lowest BCUT2D eigenvalue weighted by molar-refractivity contribution is 0.424. The quantitative estimate of drug-likeness (QED) is 0.796. The SMILES string of the molecule is CCNc1cc(CNC(C)(C)C)ccn1. The molecule has 0 saturated carbocycles. The van der Waals surface area contributed by atoms with Gasteiger partial charge in [-0.1, -0.05) is 0 Å². The van der Waals surface area contributed by atoms with Gasteiger partial charge in [-0.05, 0) is 45.4 Å². The summed E-state index contributed by atoms with van der Waals surface area (Å²) in [6.07, 6.45) is 1.84. The zero-order valence-electron chi connectivity index (χ0n) is 10.1. The van der Waals surface area contributed by atoms with Crippen molar-refractivity contribution in [2.24, 2.45) is 0 Å². The summed E-state index contributed by atoms with van der Waals surface area (Å²) >= 11 is 0. The first-order valence-electron chi connectivity index (χ1n) is 5.45. The van der Waals surface area contributed by atoms with Gasteiger partial charge in [0, 0.05) is 24.8 Å². The molecule has 0 aliphatic heterocycles. The molecule has 3 heteroatoms. The van der Waals surface area contributed by atoms with Crippen LogP contribution in [0.2, 0.25) is 0 Å². The van der Waals surface area contributed by atoms with Crippen LogP contribution in [-0.4, -0.2) is 17.1 Å². The second-order valence-electron chi connectivity index (χ2n) is 4.68. The minimum atomic E-state index is 0.154. The number of pyridine rings is 1. The lowest BCUT2D eigenvalue weighted by atomic mass is 10.1. The second-order valence-corrected chi connectivity index (χ2v) is 4.68. The Balaban J connectivity index is 2.57. The van der Waals surface area contributed by atoms with Crippen molar-refractivity contribution in [2.75, 3.05) is 11.9 Å². The molecule has 0 atom stereocenters. The molecule has 3 nitrogen and oxygen atoms in total. The normalized spacial score (nSPS) is 11.5. The van der Waals surface area contributed by atoms with Crippen LogP contribution in [0.5, 0.6) is 0 Å². The number of rotatable bonds is 4. The first-order valence-corrected chi connectivity index (χ1v) is 5.45. The Labute approximate surface area is 92.3 Å². The molecular formula is C12H21N3. The van der Waals surface area contributed by atoms with Crippen LogP contribution in [0.3, 0.4) is 0 Å². The molecule has 1 aromatic rings. The Morgan fingerprint density at radius 2 is 2.07 bits per heavy atom. The number of nitrogens with zero attached hydrogens (tertiary/aromatic N) is 1. The van der Waals surface area contributed by atoms with Crippen LogP contribution in [-0.2, 0) is 6.54 Å². The number of aromatic nitrogens is 1. The van der Waals surface area contributed by atoms with Gasteiger partial charge in [-0.3, -0.25) is 0 Å². The van der Waals surface area contributed by atoms with Gasteiger partial charge in [0.2, 0.25) is 0 Å². The molecule has 0 fully saturated rings. The molecule has 0 amide bonds. The summed E-state index contributed by atoms with van der Waals surface area (Å²) in [4.78, 5) is 4.23. The smallest absolute Gasteiger partial charge is 0.126 e. The van der Waals surface area contributed by atoms with E-state index in [1.807, 2.05) is 12.3 Å². The third kappa shape index (κ3) is 4.79. The van der Waals surface area contributed by atoms with Crippen LogP contribution in [0.1, 0.15) is 33.3 Å². The van der Waals surface area contributed by atoms with E-state index >= 15 is 0 Å². The van der Waals surface area contributed by atoms with Crippen LogP contribution in [0, 0.1) is 0 Å². The summed E-state index contributed by atoms with van der Waals surface area (Å²) in [5.74, 6) is 0.950. The standard InChI is InChI=1S/C12H21N3/c1-5-13-11-8-10(6-7-14-11)9-15-12(2,3)4/h6-8,15H,5,9H2,1-4H3,(H,13,14). The van der Waals surface area contributed by atoms with E-state index < -0.39 is 0 Å². The zero-order valence-corrected chi connectivity index (χ0v) is 10.1. The summed E-state index contributed by atoms with van der Waals surface area (Å²) < 4.78 is 0. The number of hydrogen-bond donors (Lipinski definition) is 2. The molecule has 0 spiro atoms. The van der Waals surface area contributed by atoms with Gasteiger partial charge in [-0.25, -0.2) is 4.98 Å². The molecule has 15 heavy (non-hydrogen) atoms. The average molecular weight is 207 g/mol. The molecule has 0 aliphatic rings. The maximum Gasteiger partial charge on any atom is 0.126 e. The molecule has 1 rings (SSSR count). The molecular weight excluding hydrogens is 186 g/mol. The minimum Gasteiger partial charge on any atom is -0.370 e. The molecule has 1 heterocycles. The fraction of sp³-hybridized carbons (Fsp3) is 0.583. The second kappa shape index (κ2) is 5.12. The Morgan fingerprint density at radius 1 is 1.33 bits per heavy atom. The van der Waals surface area contributed by atoms with Crippen LogP contribution in [0.4, 0.5) is 5.82 Å². The van der Waals surface area contributed by atoms with E-state index in [0.29, 0.717) is 0 Å². The zero-order chi connectivity index (χ0) is 11.3. The third-order valence-corrected chi connectivity index (χ3v) is 2.01. The highest BCUT2D eigenvalue weighted by Gasteiger charge is 2.08.